The molecule has 1 aliphatic carbocycles. The minimum Gasteiger partial charge on any atom is -0.288 e. The minimum absolute atomic E-state index is 0.450. The second-order valence-electron chi connectivity index (χ2n) is 4.03. The largest absolute Gasteiger partial charge is 0.288 e. The number of aliphatic imine (C=N–C) groups is 1. The Morgan fingerprint density at radius 3 is 3.12 bits per heavy atom. The molecule has 0 spiro atoms. The monoisotopic (exact) mass is 226 g/mol. The van der Waals surface area contributed by atoms with Crippen LogP contribution in [-0.2, 0) is 0 Å². The molecular weight excluding hydrogens is 216 g/mol. The fourth-order valence-electron chi connectivity index (χ4n) is 2.14. The van der Waals surface area contributed by atoms with Gasteiger partial charge in [0.15, 0.2) is 0 Å². The van der Waals surface area contributed by atoms with Crippen LogP contribution in [0.2, 0.25) is 0 Å². The molecule has 1 amide bonds. The maximum Gasteiger partial charge on any atom is 0.274 e. The lowest BCUT2D eigenvalue weighted by Crippen LogP contribution is -2.19. The molecule has 0 fully saturated rings. The molecule has 1 aromatic rings. The Morgan fingerprint density at radius 2 is 2.29 bits per heavy atom. The van der Waals surface area contributed by atoms with Crippen LogP contribution in [-0.4, -0.2) is 17.3 Å². The highest BCUT2D eigenvalue weighted by Crippen LogP contribution is 2.35. The van der Waals surface area contributed by atoms with Crippen molar-refractivity contribution in [3.63, 3.8) is 0 Å². The molecule has 1 heterocycles. The second kappa shape index (κ2) is 3.68. The first-order valence-electron chi connectivity index (χ1n) is 5.30. The van der Waals surface area contributed by atoms with Gasteiger partial charge in [-0.25, -0.2) is 5.48 Å². The van der Waals surface area contributed by atoms with E-state index in [0.717, 1.165) is 28.8 Å². The third-order valence-electron chi connectivity index (χ3n) is 2.97. The fourth-order valence-corrected chi connectivity index (χ4v) is 2.14. The van der Waals surface area contributed by atoms with Gasteiger partial charge in [0.25, 0.3) is 5.91 Å². The number of carbonyl (C=O) groups is 1. The van der Waals surface area contributed by atoms with Crippen LogP contribution in [0.1, 0.15) is 27.9 Å². The van der Waals surface area contributed by atoms with E-state index in [-0.39, 0.29) is 0 Å². The summed E-state index contributed by atoms with van der Waals surface area (Å²) in [5, 5.41) is 8.62. The van der Waals surface area contributed by atoms with Gasteiger partial charge in [-0.2, -0.15) is 0 Å². The third-order valence-corrected chi connectivity index (χ3v) is 2.97. The highest BCUT2D eigenvalue weighted by molar-refractivity contribution is 5.98. The average molecular weight is 226 g/mol. The quantitative estimate of drug-likeness (QED) is 0.568. The Kier molecular flexibility index (Phi) is 2.16. The van der Waals surface area contributed by atoms with E-state index in [1.165, 1.54) is 0 Å². The molecule has 4 nitrogen and oxygen atoms in total. The summed E-state index contributed by atoms with van der Waals surface area (Å²) in [4.78, 5) is 15.6. The number of allylic oxidation sites excluding steroid dienone is 2. The van der Waals surface area contributed by atoms with Crippen molar-refractivity contribution in [2.45, 2.75) is 6.42 Å². The van der Waals surface area contributed by atoms with Crippen LogP contribution < -0.4 is 5.48 Å². The van der Waals surface area contributed by atoms with Gasteiger partial charge < -0.3 is 0 Å². The molecule has 0 saturated carbocycles. The number of rotatable bonds is 1. The highest BCUT2D eigenvalue weighted by Gasteiger charge is 2.18. The predicted molar refractivity (Wildman–Crippen MR) is 64.8 cm³/mol. The molecule has 84 valence electrons. The second-order valence-corrected chi connectivity index (χ2v) is 4.03. The van der Waals surface area contributed by atoms with Gasteiger partial charge in [0.1, 0.15) is 0 Å². The zero-order valence-electron chi connectivity index (χ0n) is 8.97. The SMILES string of the molecule is O=C(NO)c1ccc2c(c1)C1=CC=NC(=C2)C1. The maximum atomic E-state index is 11.4. The van der Waals surface area contributed by atoms with E-state index in [2.05, 4.69) is 4.99 Å². The van der Waals surface area contributed by atoms with Gasteiger partial charge in [0.05, 0.1) is 0 Å². The lowest BCUT2D eigenvalue weighted by Gasteiger charge is -2.20. The fraction of sp³-hybridized carbons (Fsp3) is 0.0769. The number of hydrogen-bond donors (Lipinski definition) is 2. The topological polar surface area (TPSA) is 61.7 Å². The Morgan fingerprint density at radius 1 is 1.41 bits per heavy atom. The van der Waals surface area contributed by atoms with Crippen molar-refractivity contribution in [2.75, 3.05) is 0 Å². The molecule has 0 radical (unpaired) electrons. The van der Waals surface area contributed by atoms with Crippen molar-refractivity contribution in [1.82, 2.24) is 5.48 Å². The van der Waals surface area contributed by atoms with Gasteiger partial charge in [0.2, 0.25) is 0 Å². The van der Waals surface area contributed by atoms with Gasteiger partial charge in [-0.15, -0.1) is 0 Å². The Bertz CT molecular complexity index is 597. The molecule has 2 bridgehead atoms. The number of hydrogen-bond acceptors (Lipinski definition) is 3. The van der Waals surface area contributed by atoms with Crippen LogP contribution in [0.3, 0.4) is 0 Å². The molecule has 3 rings (SSSR count). The summed E-state index contributed by atoms with van der Waals surface area (Å²) in [6, 6.07) is 5.35. The van der Waals surface area contributed by atoms with Gasteiger partial charge in [-0.3, -0.25) is 15.0 Å². The highest BCUT2D eigenvalue weighted by atomic mass is 16.5. The Labute approximate surface area is 98.0 Å². The van der Waals surface area contributed by atoms with Crippen molar-refractivity contribution >= 4 is 23.8 Å². The van der Waals surface area contributed by atoms with Crippen LogP contribution in [0, 0.1) is 0 Å². The van der Waals surface area contributed by atoms with Crippen molar-refractivity contribution in [2.24, 2.45) is 4.99 Å². The van der Waals surface area contributed by atoms with E-state index in [1.807, 2.05) is 18.2 Å². The lowest BCUT2D eigenvalue weighted by atomic mass is 9.88. The first-order valence-corrected chi connectivity index (χ1v) is 5.30. The molecule has 2 N–H and O–H groups in total. The van der Waals surface area contributed by atoms with E-state index in [1.54, 1.807) is 23.8 Å². The van der Waals surface area contributed by atoms with Crippen LogP contribution in [0.15, 0.2) is 35.0 Å². The van der Waals surface area contributed by atoms with Gasteiger partial charge in [0, 0.05) is 23.9 Å². The number of dihydropyridines is 1. The molecule has 0 unspecified atom stereocenters. The summed E-state index contributed by atoms with van der Waals surface area (Å²) < 4.78 is 0. The number of nitrogens with one attached hydrogen (secondary N) is 1. The average Bonchev–Trinajstić information content (AvgIpc) is 2.38. The molecular formula is C13H10N2O2. The standard InChI is InChI=1S/C13H10N2O2/c16-13(15-17)10-2-1-8-5-11-6-9(3-4-14-11)12(8)7-10/h1-5,7,17H,6H2,(H,15,16). The molecule has 4 heteroatoms. The van der Waals surface area contributed by atoms with Crippen molar-refractivity contribution in [3.8, 4) is 0 Å². The van der Waals surface area contributed by atoms with E-state index >= 15 is 0 Å². The molecule has 17 heavy (non-hydrogen) atoms. The van der Waals surface area contributed by atoms with Gasteiger partial charge in [-0.05, 0) is 41.0 Å². The number of carbonyl (C=O) groups excluding carboxylic acids is 1. The number of fused-ring (bicyclic) bond motifs is 4. The predicted octanol–water partition coefficient (Wildman–Crippen LogP) is 2.02. The smallest absolute Gasteiger partial charge is 0.274 e. The third kappa shape index (κ3) is 1.59. The Hall–Kier alpha value is -2.20. The summed E-state index contributed by atoms with van der Waals surface area (Å²) in [5.74, 6) is -0.493. The number of nitrogens with zero attached hydrogens (tertiary/aromatic N) is 1. The van der Waals surface area contributed by atoms with E-state index < -0.39 is 5.91 Å². The molecule has 0 saturated heterocycles. The number of hydroxylamine groups is 1. The summed E-state index contributed by atoms with van der Waals surface area (Å²) in [7, 11) is 0. The minimum atomic E-state index is -0.493. The van der Waals surface area contributed by atoms with Gasteiger partial charge in [-0.1, -0.05) is 6.07 Å². The summed E-state index contributed by atoms with van der Waals surface area (Å²) in [6.07, 6.45) is 6.54. The Balaban J connectivity index is 2.14. The van der Waals surface area contributed by atoms with E-state index in [0.29, 0.717) is 5.56 Å². The van der Waals surface area contributed by atoms with E-state index in [9.17, 15) is 4.79 Å². The summed E-state index contributed by atoms with van der Waals surface area (Å²) in [5.41, 5.74) is 6.37. The van der Waals surface area contributed by atoms with Crippen molar-refractivity contribution < 1.29 is 10.0 Å². The van der Waals surface area contributed by atoms with Gasteiger partial charge >= 0.3 is 0 Å². The first kappa shape index (κ1) is 9.99. The van der Waals surface area contributed by atoms with Crippen molar-refractivity contribution in [1.29, 1.82) is 0 Å². The van der Waals surface area contributed by atoms with Crippen LogP contribution in [0.5, 0.6) is 0 Å². The number of amides is 1. The normalized spacial score (nSPS) is 15.8. The first-order chi connectivity index (χ1) is 8.28. The molecule has 1 aliphatic heterocycles. The van der Waals surface area contributed by atoms with Crippen LogP contribution in [0.25, 0.3) is 11.6 Å². The lowest BCUT2D eigenvalue weighted by molar-refractivity contribution is 0.0706. The molecule has 0 aromatic heterocycles. The number of benzene rings is 1. The van der Waals surface area contributed by atoms with Crippen molar-refractivity contribution in [3.05, 3.63) is 46.7 Å². The molecule has 0 atom stereocenters. The van der Waals surface area contributed by atoms with Crippen LogP contribution >= 0.6 is 0 Å². The molecule has 1 aromatic carbocycles. The summed E-state index contributed by atoms with van der Waals surface area (Å²) in [6.45, 7) is 0. The zero-order chi connectivity index (χ0) is 11.8. The summed E-state index contributed by atoms with van der Waals surface area (Å²) >= 11 is 0. The zero-order valence-corrected chi connectivity index (χ0v) is 8.97. The van der Waals surface area contributed by atoms with E-state index in [4.69, 9.17) is 5.21 Å². The maximum absolute atomic E-state index is 11.4. The molecule has 2 aliphatic rings. The van der Waals surface area contributed by atoms with Crippen LogP contribution in [0.4, 0.5) is 0 Å².